The van der Waals surface area contributed by atoms with Crippen LogP contribution in [0.1, 0.15) is 19.8 Å². The Hall–Kier alpha value is -1.63. The van der Waals surface area contributed by atoms with Gasteiger partial charge in [-0.2, -0.15) is 0 Å². The maximum Gasteiger partial charge on any atom is 0.218 e. The van der Waals surface area contributed by atoms with E-state index >= 15 is 0 Å². The van der Waals surface area contributed by atoms with E-state index in [2.05, 4.69) is 15.5 Å². The minimum atomic E-state index is -0.0576. The van der Waals surface area contributed by atoms with Gasteiger partial charge in [0, 0.05) is 26.6 Å². The number of amides is 1. The van der Waals surface area contributed by atoms with Gasteiger partial charge in [0.2, 0.25) is 5.91 Å². The van der Waals surface area contributed by atoms with E-state index in [4.69, 9.17) is 4.74 Å². The summed E-state index contributed by atoms with van der Waals surface area (Å²) in [6.07, 6.45) is 2.25. The lowest BCUT2D eigenvalue weighted by molar-refractivity contribution is -0.120. The molecule has 1 aromatic carbocycles. The zero-order chi connectivity index (χ0) is 16.5. The molecule has 2 rings (SSSR count). The molecule has 24 heavy (non-hydrogen) atoms. The van der Waals surface area contributed by atoms with Crippen molar-refractivity contribution in [3.8, 4) is 5.75 Å². The highest BCUT2D eigenvalue weighted by molar-refractivity contribution is 5.85. The Labute approximate surface area is 149 Å². The SMILES string of the molecule is CC(=O)NC(CNCC(=O)COc1ccccc1)N1CCCC1.Cl. The number of likely N-dealkylation sites (tertiary alicyclic amines) is 1. The van der Waals surface area contributed by atoms with Crippen molar-refractivity contribution in [1.82, 2.24) is 15.5 Å². The molecule has 6 nitrogen and oxygen atoms in total. The highest BCUT2D eigenvalue weighted by atomic mass is 35.5. The average Bonchev–Trinajstić information content (AvgIpc) is 3.07. The molecule has 1 aromatic rings. The summed E-state index contributed by atoms with van der Waals surface area (Å²) in [5.41, 5.74) is 0. The summed E-state index contributed by atoms with van der Waals surface area (Å²) in [5.74, 6) is 0.619. The van der Waals surface area contributed by atoms with Crippen LogP contribution in [-0.2, 0) is 9.59 Å². The third-order valence-electron chi connectivity index (χ3n) is 3.75. The summed E-state index contributed by atoms with van der Waals surface area (Å²) in [6, 6.07) is 9.27. The summed E-state index contributed by atoms with van der Waals surface area (Å²) >= 11 is 0. The molecule has 134 valence electrons. The van der Waals surface area contributed by atoms with Crippen LogP contribution in [0.4, 0.5) is 0 Å². The quantitative estimate of drug-likeness (QED) is 0.696. The lowest BCUT2D eigenvalue weighted by Gasteiger charge is -2.28. The van der Waals surface area contributed by atoms with Gasteiger partial charge in [-0.3, -0.25) is 14.5 Å². The standard InChI is InChI=1S/C17H25N3O3.ClH/c1-14(21)19-17(20-9-5-6-10-20)12-18-11-15(22)13-23-16-7-3-2-4-8-16;/h2-4,7-8,17-18H,5-6,9-13H2,1H3,(H,19,21);1H. The van der Waals surface area contributed by atoms with Crippen molar-refractivity contribution in [3.63, 3.8) is 0 Å². The first-order valence-corrected chi connectivity index (χ1v) is 8.06. The topological polar surface area (TPSA) is 70.7 Å². The molecule has 0 spiro atoms. The van der Waals surface area contributed by atoms with Crippen LogP contribution in [0.2, 0.25) is 0 Å². The van der Waals surface area contributed by atoms with Gasteiger partial charge in [0.25, 0.3) is 0 Å². The lowest BCUT2D eigenvalue weighted by atomic mass is 10.3. The number of hydrogen-bond donors (Lipinski definition) is 2. The number of nitrogens with zero attached hydrogens (tertiary/aromatic N) is 1. The van der Waals surface area contributed by atoms with E-state index in [-0.39, 0.29) is 43.4 Å². The van der Waals surface area contributed by atoms with Gasteiger partial charge in [0.1, 0.15) is 12.4 Å². The Morgan fingerprint density at radius 1 is 1.21 bits per heavy atom. The lowest BCUT2D eigenvalue weighted by Crippen LogP contribution is -2.52. The summed E-state index contributed by atoms with van der Waals surface area (Å²) in [6.45, 7) is 4.32. The molecule has 1 unspecified atom stereocenters. The smallest absolute Gasteiger partial charge is 0.218 e. The van der Waals surface area contributed by atoms with E-state index in [1.54, 1.807) is 0 Å². The zero-order valence-electron chi connectivity index (χ0n) is 14.0. The molecule has 1 amide bonds. The summed E-state index contributed by atoms with van der Waals surface area (Å²) < 4.78 is 5.42. The molecular weight excluding hydrogens is 330 g/mol. The molecule has 0 saturated carbocycles. The molecule has 1 aliphatic heterocycles. The third kappa shape index (κ3) is 7.29. The third-order valence-corrected chi connectivity index (χ3v) is 3.75. The second-order valence-electron chi connectivity index (χ2n) is 5.73. The molecule has 0 aromatic heterocycles. The maximum absolute atomic E-state index is 11.9. The van der Waals surface area contributed by atoms with Gasteiger partial charge in [-0.1, -0.05) is 18.2 Å². The summed E-state index contributed by atoms with van der Waals surface area (Å²) in [5, 5.41) is 6.05. The van der Waals surface area contributed by atoms with Crippen LogP contribution in [-0.4, -0.2) is 55.5 Å². The molecule has 1 fully saturated rings. The van der Waals surface area contributed by atoms with E-state index in [0.717, 1.165) is 25.9 Å². The number of carbonyl (C=O) groups is 2. The van der Waals surface area contributed by atoms with Crippen molar-refractivity contribution in [3.05, 3.63) is 30.3 Å². The monoisotopic (exact) mass is 355 g/mol. The molecule has 1 saturated heterocycles. The fourth-order valence-electron chi connectivity index (χ4n) is 2.64. The van der Waals surface area contributed by atoms with E-state index in [0.29, 0.717) is 12.3 Å². The van der Waals surface area contributed by atoms with Crippen LogP contribution < -0.4 is 15.4 Å². The predicted octanol–water partition coefficient (Wildman–Crippen LogP) is 1.20. The van der Waals surface area contributed by atoms with Gasteiger partial charge in [-0.05, 0) is 25.0 Å². The van der Waals surface area contributed by atoms with Crippen LogP contribution in [0.3, 0.4) is 0 Å². The van der Waals surface area contributed by atoms with Crippen molar-refractivity contribution in [2.75, 3.05) is 32.8 Å². The molecule has 0 bridgehead atoms. The number of hydrogen-bond acceptors (Lipinski definition) is 5. The van der Waals surface area contributed by atoms with Gasteiger partial charge in [-0.15, -0.1) is 12.4 Å². The molecule has 1 atom stereocenters. The van der Waals surface area contributed by atoms with Crippen LogP contribution >= 0.6 is 12.4 Å². The van der Waals surface area contributed by atoms with E-state index in [1.807, 2.05) is 30.3 Å². The number of carbonyl (C=O) groups excluding carboxylic acids is 2. The Kier molecular flexibility index (Phi) is 9.37. The van der Waals surface area contributed by atoms with Gasteiger partial charge in [-0.25, -0.2) is 0 Å². The number of Topliss-reactive ketones (excluding diaryl/α,β-unsaturated/α-hetero) is 1. The molecule has 0 aliphatic carbocycles. The largest absolute Gasteiger partial charge is 0.486 e. The molecule has 7 heteroatoms. The second kappa shape index (κ2) is 11.0. The fourth-order valence-corrected chi connectivity index (χ4v) is 2.64. The fraction of sp³-hybridized carbons (Fsp3) is 0.529. The Balaban J connectivity index is 0.00000288. The highest BCUT2D eigenvalue weighted by Gasteiger charge is 2.22. The molecular formula is C17H26ClN3O3. The molecule has 2 N–H and O–H groups in total. The van der Waals surface area contributed by atoms with Crippen molar-refractivity contribution < 1.29 is 14.3 Å². The maximum atomic E-state index is 11.9. The van der Waals surface area contributed by atoms with Crippen molar-refractivity contribution in [1.29, 1.82) is 0 Å². The first kappa shape index (κ1) is 20.4. The minimum Gasteiger partial charge on any atom is -0.486 e. The number of para-hydroxylation sites is 1. The number of rotatable bonds is 9. The molecule has 1 aliphatic rings. The molecule has 0 radical (unpaired) electrons. The number of ether oxygens (including phenoxy) is 1. The first-order valence-electron chi connectivity index (χ1n) is 8.06. The van der Waals surface area contributed by atoms with Crippen molar-refractivity contribution >= 4 is 24.1 Å². The van der Waals surface area contributed by atoms with Gasteiger partial charge in [0.05, 0.1) is 12.7 Å². The number of halogens is 1. The van der Waals surface area contributed by atoms with Crippen LogP contribution in [0.5, 0.6) is 5.75 Å². The van der Waals surface area contributed by atoms with Gasteiger partial charge < -0.3 is 15.4 Å². The van der Waals surface area contributed by atoms with Crippen molar-refractivity contribution in [2.24, 2.45) is 0 Å². The first-order chi connectivity index (χ1) is 11.1. The normalized spacial score (nSPS) is 15.4. The van der Waals surface area contributed by atoms with E-state index in [9.17, 15) is 9.59 Å². The Bertz CT molecular complexity index is 507. The zero-order valence-corrected chi connectivity index (χ0v) is 14.8. The van der Waals surface area contributed by atoms with E-state index in [1.165, 1.54) is 6.92 Å². The van der Waals surface area contributed by atoms with Crippen LogP contribution in [0, 0.1) is 0 Å². The second-order valence-corrected chi connectivity index (χ2v) is 5.73. The van der Waals surface area contributed by atoms with Gasteiger partial charge >= 0.3 is 0 Å². The van der Waals surface area contributed by atoms with Gasteiger partial charge in [0.15, 0.2) is 5.78 Å². The Morgan fingerprint density at radius 2 is 1.88 bits per heavy atom. The minimum absolute atomic E-state index is 0. The van der Waals surface area contributed by atoms with Crippen LogP contribution in [0.25, 0.3) is 0 Å². The number of benzene rings is 1. The predicted molar refractivity (Wildman–Crippen MR) is 95.5 cm³/mol. The Morgan fingerprint density at radius 3 is 2.50 bits per heavy atom. The highest BCUT2D eigenvalue weighted by Crippen LogP contribution is 2.10. The average molecular weight is 356 g/mol. The molecule has 1 heterocycles. The number of nitrogens with one attached hydrogen (secondary N) is 2. The summed E-state index contributed by atoms with van der Waals surface area (Å²) in [4.78, 5) is 25.4. The number of ketones is 1. The van der Waals surface area contributed by atoms with Crippen LogP contribution in [0.15, 0.2) is 30.3 Å². The van der Waals surface area contributed by atoms with Crippen molar-refractivity contribution in [2.45, 2.75) is 25.9 Å². The van der Waals surface area contributed by atoms with E-state index < -0.39 is 0 Å². The summed E-state index contributed by atoms with van der Waals surface area (Å²) in [7, 11) is 0.